The summed E-state index contributed by atoms with van der Waals surface area (Å²) < 4.78 is 14.9. The third kappa shape index (κ3) is 4.67. The van der Waals surface area contributed by atoms with Crippen LogP contribution in [0.1, 0.15) is 73.4 Å². The predicted octanol–water partition coefficient (Wildman–Crippen LogP) is 10.8. The van der Waals surface area contributed by atoms with Gasteiger partial charge in [-0.15, -0.1) is 0 Å². The summed E-state index contributed by atoms with van der Waals surface area (Å²) in [5.74, 6) is 4.02. The Labute approximate surface area is 280 Å². The summed E-state index contributed by atoms with van der Waals surface area (Å²) in [7, 11) is 0. The highest BCUT2D eigenvalue weighted by Crippen LogP contribution is 2.41. The monoisotopic (exact) mass is 627 g/mol. The quantitative estimate of drug-likeness (QED) is 0.191. The van der Waals surface area contributed by atoms with Gasteiger partial charge >= 0.3 is 0 Å². The molecule has 4 aliphatic rings. The topological polar surface area (TPSA) is 57.0 Å². The molecule has 4 aliphatic carbocycles. The molecular weight excluding hydrogens is 590 g/mol. The van der Waals surface area contributed by atoms with Crippen molar-refractivity contribution >= 4 is 33.1 Å². The van der Waals surface area contributed by atoms with Crippen LogP contribution in [-0.4, -0.2) is 14.8 Å². The number of nitrogens with zero attached hydrogens (tertiary/aromatic N) is 3. The van der Waals surface area contributed by atoms with Gasteiger partial charge in [0.1, 0.15) is 22.7 Å². The number of aromatic nitrogens is 3. The normalized spacial score (nSPS) is 17.3. The lowest BCUT2D eigenvalue weighted by Crippen LogP contribution is -2.11. The van der Waals surface area contributed by atoms with Crippen LogP contribution in [0.3, 0.4) is 0 Å². The number of furan rings is 2. The Balaban J connectivity index is 1.05. The van der Waals surface area contributed by atoms with E-state index in [-0.39, 0.29) is 0 Å². The third-order valence-electron chi connectivity index (χ3n) is 10.8. The molecule has 3 aromatic carbocycles. The van der Waals surface area contributed by atoms with Crippen molar-refractivity contribution in [3.63, 3.8) is 0 Å². The Bertz CT molecular complexity index is 2370. The zero-order valence-corrected chi connectivity index (χ0v) is 27.1. The van der Waals surface area contributed by atoms with Gasteiger partial charge in [0.25, 0.3) is 0 Å². The summed E-state index contributed by atoms with van der Waals surface area (Å²) in [6.07, 6.45) is 20.1. The second-order valence-corrected chi connectivity index (χ2v) is 13.7. The van der Waals surface area contributed by atoms with Crippen LogP contribution in [0, 0.1) is 0 Å². The van der Waals surface area contributed by atoms with E-state index >= 15 is 0 Å². The van der Waals surface area contributed by atoms with Crippen molar-refractivity contribution in [2.45, 2.75) is 70.8 Å². The number of hydrogen-bond acceptors (Lipinski definition) is 4. The average molecular weight is 628 g/mol. The minimum atomic E-state index is 0.650. The molecule has 48 heavy (non-hydrogen) atoms. The number of allylic oxidation sites excluding steroid dienone is 8. The van der Waals surface area contributed by atoms with E-state index in [1.807, 2.05) is 6.07 Å². The van der Waals surface area contributed by atoms with Gasteiger partial charge in [0.2, 0.25) is 0 Å². The summed E-state index contributed by atoms with van der Waals surface area (Å²) >= 11 is 0. The molecule has 3 heterocycles. The minimum absolute atomic E-state index is 0.650. The van der Waals surface area contributed by atoms with Gasteiger partial charge in [-0.1, -0.05) is 66.8 Å². The summed E-state index contributed by atoms with van der Waals surface area (Å²) in [4.78, 5) is 5.20. The van der Waals surface area contributed by atoms with Crippen LogP contribution < -0.4 is 0 Å². The first-order chi connectivity index (χ1) is 23.7. The van der Waals surface area contributed by atoms with E-state index in [2.05, 4.69) is 89.6 Å². The maximum Gasteiger partial charge on any atom is 0.181 e. The Hall–Kier alpha value is -5.16. The predicted molar refractivity (Wildman–Crippen MR) is 192 cm³/mol. The van der Waals surface area contributed by atoms with Gasteiger partial charge < -0.3 is 8.83 Å². The number of hydrogen-bond donors (Lipinski definition) is 0. The van der Waals surface area contributed by atoms with Gasteiger partial charge in [-0.05, 0) is 109 Å². The molecule has 0 saturated carbocycles. The van der Waals surface area contributed by atoms with Crippen molar-refractivity contribution in [1.29, 1.82) is 0 Å². The number of benzene rings is 3. The average Bonchev–Trinajstić information content (AvgIpc) is 3.85. The first-order valence-electron chi connectivity index (χ1n) is 17.6. The molecule has 0 saturated heterocycles. The zero-order valence-electron chi connectivity index (χ0n) is 27.1. The summed E-state index contributed by atoms with van der Waals surface area (Å²) in [6.45, 7) is 0.650. The fourth-order valence-electron chi connectivity index (χ4n) is 8.35. The summed E-state index contributed by atoms with van der Waals surface area (Å²) in [6, 6.07) is 23.8. The van der Waals surface area contributed by atoms with Crippen LogP contribution in [0.4, 0.5) is 0 Å². The van der Waals surface area contributed by atoms with Crippen LogP contribution >= 0.6 is 0 Å². The van der Waals surface area contributed by atoms with E-state index in [4.69, 9.17) is 18.9 Å². The molecule has 5 heteroatoms. The Morgan fingerprint density at radius 3 is 2.40 bits per heavy atom. The number of aryl methyl sites for hydroxylation is 3. The molecule has 0 amide bonds. The van der Waals surface area contributed by atoms with Crippen molar-refractivity contribution in [3.8, 4) is 22.5 Å². The Morgan fingerprint density at radius 2 is 1.50 bits per heavy atom. The summed E-state index contributed by atoms with van der Waals surface area (Å²) in [5.41, 5.74) is 13.5. The molecule has 0 unspecified atom stereocenters. The zero-order chi connectivity index (χ0) is 31.6. The molecule has 0 fully saturated rings. The lowest BCUT2D eigenvalue weighted by atomic mass is 9.86. The molecule has 0 radical (unpaired) electrons. The fraction of sp³-hybridized carbons (Fsp3) is 0.256. The van der Waals surface area contributed by atoms with Gasteiger partial charge in [-0.3, -0.25) is 0 Å². The molecule has 0 bridgehead atoms. The lowest BCUT2D eigenvalue weighted by Gasteiger charge is -2.21. The first kappa shape index (κ1) is 27.9. The van der Waals surface area contributed by atoms with Crippen molar-refractivity contribution in [2.75, 3.05) is 0 Å². The molecular formula is C43H37N3O2. The van der Waals surface area contributed by atoms with Gasteiger partial charge in [0, 0.05) is 40.3 Å². The van der Waals surface area contributed by atoms with Crippen LogP contribution in [0.15, 0.2) is 111 Å². The molecule has 0 N–H and O–H groups in total. The lowest BCUT2D eigenvalue weighted by molar-refractivity contribution is 0.506. The maximum atomic E-state index is 6.54. The first-order valence-corrected chi connectivity index (χ1v) is 17.6. The van der Waals surface area contributed by atoms with Gasteiger partial charge in [0.15, 0.2) is 11.6 Å². The second-order valence-electron chi connectivity index (χ2n) is 13.7. The number of rotatable bonds is 5. The molecule has 3 aromatic heterocycles. The smallest absolute Gasteiger partial charge is 0.181 e. The van der Waals surface area contributed by atoms with Crippen molar-refractivity contribution in [3.05, 3.63) is 131 Å². The summed E-state index contributed by atoms with van der Waals surface area (Å²) in [5, 5.41) is 7.62. The van der Waals surface area contributed by atoms with E-state index in [9.17, 15) is 0 Å². The van der Waals surface area contributed by atoms with Gasteiger partial charge in [-0.25, -0.2) is 9.67 Å². The van der Waals surface area contributed by atoms with Crippen molar-refractivity contribution in [1.82, 2.24) is 14.8 Å². The number of fused-ring (bicyclic) bond motifs is 6. The highest BCUT2D eigenvalue weighted by molar-refractivity contribution is 5.97. The van der Waals surface area contributed by atoms with Crippen LogP contribution in [-0.2, 0) is 25.8 Å². The van der Waals surface area contributed by atoms with E-state index in [0.29, 0.717) is 6.54 Å². The highest BCUT2D eigenvalue weighted by atomic mass is 16.3. The van der Waals surface area contributed by atoms with Gasteiger partial charge in [-0.2, -0.15) is 5.10 Å². The molecule has 10 rings (SSSR count). The second kappa shape index (κ2) is 11.2. The highest BCUT2D eigenvalue weighted by Gasteiger charge is 2.26. The standard InChI is InChI=1S/C43H37N3O2/c1-2-10-28(11-3-1)42-44-43(32-18-17-27-9-4-5-12-29(27)23-32)46(45-42)26-33-13-8-16-40-41(33)36-25-31(20-22-39(36)48-40)30-19-21-38-35(24-30)34-14-6-7-15-37(34)47-38/h1-4,9-11,13,19-25H,5-8,12,14-18,26H2. The SMILES string of the molecule is C1=CC2=C(C=C(c3nc(-c4ccccc4)nn3CC3=CCCc4oc5ccc(-c6ccc7oc8c(c7c6)CCCC8)cc5c43)CC2)CC1. The van der Waals surface area contributed by atoms with E-state index in [0.717, 1.165) is 85.5 Å². The molecule has 0 aliphatic heterocycles. The van der Waals surface area contributed by atoms with E-state index < -0.39 is 0 Å². The Morgan fingerprint density at radius 1 is 0.688 bits per heavy atom. The molecule has 0 spiro atoms. The van der Waals surface area contributed by atoms with Crippen LogP contribution in [0.2, 0.25) is 0 Å². The minimum Gasteiger partial charge on any atom is -0.461 e. The molecule has 236 valence electrons. The van der Waals surface area contributed by atoms with Crippen LogP contribution in [0.25, 0.3) is 55.6 Å². The van der Waals surface area contributed by atoms with E-state index in [1.54, 1.807) is 0 Å². The molecule has 5 nitrogen and oxygen atoms in total. The van der Waals surface area contributed by atoms with Crippen molar-refractivity contribution in [2.24, 2.45) is 0 Å². The molecule has 0 atom stereocenters. The fourth-order valence-corrected chi connectivity index (χ4v) is 8.35. The third-order valence-corrected chi connectivity index (χ3v) is 10.8. The van der Waals surface area contributed by atoms with Crippen molar-refractivity contribution < 1.29 is 8.83 Å². The largest absolute Gasteiger partial charge is 0.461 e. The van der Waals surface area contributed by atoms with Gasteiger partial charge in [0.05, 0.1) is 6.54 Å². The molecule has 6 aromatic rings. The van der Waals surface area contributed by atoms with E-state index in [1.165, 1.54) is 73.9 Å². The Kier molecular flexibility index (Phi) is 6.53. The van der Waals surface area contributed by atoms with Crippen LogP contribution in [0.5, 0.6) is 0 Å². The maximum absolute atomic E-state index is 6.54.